The molecule has 2 N–H and O–H groups in total. The van der Waals surface area contributed by atoms with E-state index >= 15 is 0 Å². The number of hydrogen-bond donors (Lipinski definition) is 2. The average molecular weight is 304 g/mol. The largest absolute Gasteiger partial charge is 0.349 e. The Morgan fingerprint density at radius 1 is 1.43 bits per heavy atom. The topological polar surface area (TPSA) is 41.1 Å². The maximum atomic E-state index is 12.6. The van der Waals surface area contributed by atoms with Crippen LogP contribution in [0.2, 0.25) is 0 Å². The fourth-order valence-corrected chi connectivity index (χ4v) is 4.61. The average Bonchev–Trinajstić information content (AvgIpc) is 2.94. The van der Waals surface area contributed by atoms with Crippen LogP contribution >= 0.6 is 11.8 Å². The Balaban J connectivity index is 1.66. The predicted molar refractivity (Wildman–Crippen MR) is 88.9 cm³/mol. The smallest absolute Gasteiger partial charge is 0.251 e. The van der Waals surface area contributed by atoms with Gasteiger partial charge in [0, 0.05) is 23.4 Å². The lowest BCUT2D eigenvalue weighted by Crippen LogP contribution is -2.35. The Kier molecular flexibility index (Phi) is 4.86. The molecule has 21 heavy (non-hydrogen) atoms. The second-order valence-corrected chi connectivity index (χ2v) is 7.51. The van der Waals surface area contributed by atoms with Crippen LogP contribution in [0.25, 0.3) is 0 Å². The molecule has 1 aromatic rings. The molecule has 1 amide bonds. The van der Waals surface area contributed by atoms with E-state index in [0.29, 0.717) is 6.04 Å². The van der Waals surface area contributed by atoms with E-state index in [0.717, 1.165) is 43.2 Å². The van der Waals surface area contributed by atoms with E-state index in [2.05, 4.69) is 23.6 Å². The van der Waals surface area contributed by atoms with Crippen molar-refractivity contribution in [3.8, 4) is 0 Å². The molecule has 1 aromatic carbocycles. The van der Waals surface area contributed by atoms with E-state index in [9.17, 15) is 4.79 Å². The summed E-state index contributed by atoms with van der Waals surface area (Å²) < 4.78 is 0. The number of benzene rings is 1. The van der Waals surface area contributed by atoms with E-state index in [1.165, 1.54) is 23.3 Å². The van der Waals surface area contributed by atoms with E-state index in [-0.39, 0.29) is 5.91 Å². The number of carbonyl (C=O) groups is 1. The van der Waals surface area contributed by atoms with Crippen LogP contribution in [0.3, 0.4) is 0 Å². The minimum absolute atomic E-state index is 0.126. The molecule has 0 aromatic heterocycles. The first kappa shape index (κ1) is 14.9. The molecule has 2 atom stereocenters. The molecule has 1 aliphatic heterocycles. The summed E-state index contributed by atoms with van der Waals surface area (Å²) in [6.45, 7) is 4.06. The molecule has 1 heterocycles. The molecular formula is C17H24N2OS. The molecule has 0 spiro atoms. The molecule has 0 saturated heterocycles. The van der Waals surface area contributed by atoms with Gasteiger partial charge < -0.3 is 10.6 Å². The van der Waals surface area contributed by atoms with Crippen molar-refractivity contribution >= 4 is 17.7 Å². The van der Waals surface area contributed by atoms with Crippen molar-refractivity contribution in [2.45, 2.75) is 50.4 Å². The quantitative estimate of drug-likeness (QED) is 0.898. The predicted octanol–water partition coefficient (Wildman–Crippen LogP) is 2.74. The van der Waals surface area contributed by atoms with Gasteiger partial charge in [0.1, 0.15) is 0 Å². The Morgan fingerprint density at radius 3 is 3.19 bits per heavy atom. The number of rotatable bonds is 4. The minimum Gasteiger partial charge on any atom is -0.349 e. The fourth-order valence-electron chi connectivity index (χ4n) is 3.47. The molecule has 2 aliphatic rings. The summed E-state index contributed by atoms with van der Waals surface area (Å²) >= 11 is 2.03. The number of fused-ring (bicyclic) bond motifs is 1. The van der Waals surface area contributed by atoms with Gasteiger partial charge in [0.2, 0.25) is 0 Å². The zero-order chi connectivity index (χ0) is 14.7. The van der Waals surface area contributed by atoms with Crippen LogP contribution in [0, 0.1) is 0 Å². The standard InChI is InChI=1S/C17H24N2OS/c1-2-21-14-7-6-13(10-14)19-17(20)16-5-3-4-12-11-18-9-8-15(12)16/h3-5,13-14,18H,2,6-11H2,1H3,(H,19,20). The lowest BCUT2D eigenvalue weighted by Gasteiger charge is -2.21. The molecular weight excluding hydrogens is 280 g/mol. The maximum Gasteiger partial charge on any atom is 0.251 e. The molecule has 0 bridgehead atoms. The number of hydrogen-bond acceptors (Lipinski definition) is 3. The number of nitrogens with one attached hydrogen (secondary N) is 2. The number of amides is 1. The Bertz CT molecular complexity index is 518. The van der Waals surface area contributed by atoms with E-state index < -0.39 is 0 Å². The molecule has 1 aliphatic carbocycles. The zero-order valence-electron chi connectivity index (χ0n) is 12.7. The molecule has 2 unspecified atom stereocenters. The second kappa shape index (κ2) is 6.84. The van der Waals surface area contributed by atoms with Gasteiger partial charge in [0.05, 0.1) is 0 Å². The van der Waals surface area contributed by atoms with Gasteiger partial charge in [-0.15, -0.1) is 0 Å². The first-order valence-electron chi connectivity index (χ1n) is 8.02. The summed E-state index contributed by atoms with van der Waals surface area (Å²) in [6.07, 6.45) is 4.44. The minimum atomic E-state index is 0.126. The summed E-state index contributed by atoms with van der Waals surface area (Å²) in [4.78, 5) is 12.6. The van der Waals surface area contributed by atoms with Crippen LogP contribution in [0.4, 0.5) is 0 Å². The van der Waals surface area contributed by atoms with Crippen LogP contribution in [0.1, 0.15) is 47.7 Å². The second-order valence-electron chi connectivity index (χ2n) is 5.93. The third-order valence-corrected chi connectivity index (χ3v) is 5.74. The van der Waals surface area contributed by atoms with Crippen LogP contribution in [0.5, 0.6) is 0 Å². The summed E-state index contributed by atoms with van der Waals surface area (Å²) in [7, 11) is 0. The molecule has 1 saturated carbocycles. The molecule has 0 radical (unpaired) electrons. The van der Waals surface area contributed by atoms with Gasteiger partial charge in [-0.2, -0.15) is 11.8 Å². The summed E-state index contributed by atoms with van der Waals surface area (Å²) in [6, 6.07) is 6.47. The van der Waals surface area contributed by atoms with Gasteiger partial charge in [-0.05, 0) is 55.2 Å². The SMILES string of the molecule is CCSC1CCC(NC(=O)c2cccc3c2CCNC3)C1. The Morgan fingerprint density at radius 2 is 2.33 bits per heavy atom. The Hall–Kier alpha value is -1.00. The van der Waals surface area contributed by atoms with Crippen molar-refractivity contribution in [2.24, 2.45) is 0 Å². The van der Waals surface area contributed by atoms with E-state index in [1.807, 2.05) is 23.9 Å². The van der Waals surface area contributed by atoms with Crippen LogP contribution < -0.4 is 10.6 Å². The lowest BCUT2D eigenvalue weighted by atomic mass is 9.95. The highest BCUT2D eigenvalue weighted by atomic mass is 32.2. The zero-order valence-corrected chi connectivity index (χ0v) is 13.5. The normalized spacial score (nSPS) is 24.6. The fraction of sp³-hybridized carbons (Fsp3) is 0.588. The van der Waals surface area contributed by atoms with Gasteiger partial charge in [-0.1, -0.05) is 19.1 Å². The van der Waals surface area contributed by atoms with Crippen molar-refractivity contribution in [2.75, 3.05) is 12.3 Å². The highest BCUT2D eigenvalue weighted by Crippen LogP contribution is 2.30. The highest BCUT2D eigenvalue weighted by molar-refractivity contribution is 7.99. The van der Waals surface area contributed by atoms with Crippen molar-refractivity contribution in [3.05, 3.63) is 34.9 Å². The third-order valence-electron chi connectivity index (χ3n) is 4.51. The van der Waals surface area contributed by atoms with Gasteiger partial charge >= 0.3 is 0 Å². The van der Waals surface area contributed by atoms with Crippen LogP contribution in [-0.4, -0.2) is 29.5 Å². The van der Waals surface area contributed by atoms with Crippen molar-refractivity contribution in [1.29, 1.82) is 0 Å². The van der Waals surface area contributed by atoms with Crippen molar-refractivity contribution in [3.63, 3.8) is 0 Å². The van der Waals surface area contributed by atoms with Gasteiger partial charge in [0.25, 0.3) is 5.91 Å². The summed E-state index contributed by atoms with van der Waals surface area (Å²) in [5.74, 6) is 1.30. The Labute approximate surface area is 131 Å². The molecule has 4 heteroatoms. The van der Waals surface area contributed by atoms with Gasteiger partial charge in [-0.25, -0.2) is 0 Å². The lowest BCUT2D eigenvalue weighted by molar-refractivity contribution is 0.0936. The monoisotopic (exact) mass is 304 g/mol. The van der Waals surface area contributed by atoms with E-state index in [1.54, 1.807) is 0 Å². The number of carbonyl (C=O) groups excluding carboxylic acids is 1. The highest BCUT2D eigenvalue weighted by Gasteiger charge is 2.27. The maximum absolute atomic E-state index is 12.6. The first-order chi connectivity index (χ1) is 10.3. The summed E-state index contributed by atoms with van der Waals surface area (Å²) in [5, 5.41) is 7.36. The van der Waals surface area contributed by atoms with E-state index in [4.69, 9.17) is 0 Å². The van der Waals surface area contributed by atoms with Crippen molar-refractivity contribution in [1.82, 2.24) is 10.6 Å². The molecule has 114 valence electrons. The van der Waals surface area contributed by atoms with Gasteiger partial charge in [0.15, 0.2) is 0 Å². The van der Waals surface area contributed by atoms with Gasteiger partial charge in [-0.3, -0.25) is 4.79 Å². The molecule has 3 nitrogen and oxygen atoms in total. The first-order valence-corrected chi connectivity index (χ1v) is 9.06. The third kappa shape index (κ3) is 3.43. The van der Waals surface area contributed by atoms with Crippen LogP contribution in [-0.2, 0) is 13.0 Å². The van der Waals surface area contributed by atoms with Crippen molar-refractivity contribution < 1.29 is 4.79 Å². The molecule has 1 fully saturated rings. The van der Waals surface area contributed by atoms with Crippen LogP contribution in [0.15, 0.2) is 18.2 Å². The summed E-state index contributed by atoms with van der Waals surface area (Å²) in [5.41, 5.74) is 3.41. The number of thioether (sulfide) groups is 1. The molecule has 3 rings (SSSR count).